The number of hydrogen-bond acceptors (Lipinski definition) is 4. The molecule has 1 aliphatic rings. The van der Waals surface area contributed by atoms with Crippen molar-refractivity contribution in [1.29, 1.82) is 0 Å². The molecule has 0 fully saturated rings. The molecule has 0 aromatic carbocycles. The molecule has 0 saturated carbocycles. The molecule has 0 radical (unpaired) electrons. The third-order valence-electron chi connectivity index (χ3n) is 3.48. The molecule has 2 rings (SSSR count). The second kappa shape index (κ2) is 7.04. The van der Waals surface area contributed by atoms with Crippen LogP contribution in [0.15, 0.2) is 27.8 Å². The number of furan rings is 1. The Morgan fingerprint density at radius 2 is 2.32 bits per heavy atom. The summed E-state index contributed by atoms with van der Waals surface area (Å²) >= 11 is 1.85. The van der Waals surface area contributed by atoms with Crippen LogP contribution in [0.1, 0.15) is 39.4 Å². The Bertz CT molecular complexity index is 400. The van der Waals surface area contributed by atoms with Crippen molar-refractivity contribution in [1.82, 2.24) is 5.32 Å². The van der Waals surface area contributed by atoms with E-state index < -0.39 is 0 Å². The van der Waals surface area contributed by atoms with Crippen molar-refractivity contribution in [3.63, 3.8) is 0 Å². The van der Waals surface area contributed by atoms with Crippen LogP contribution in [-0.4, -0.2) is 23.0 Å². The van der Waals surface area contributed by atoms with Crippen LogP contribution in [-0.2, 0) is 6.42 Å². The molecule has 1 N–H and O–H groups in total. The van der Waals surface area contributed by atoms with Gasteiger partial charge in [0.1, 0.15) is 5.76 Å². The van der Waals surface area contributed by atoms with Crippen molar-refractivity contribution in [2.45, 2.75) is 52.1 Å². The lowest BCUT2D eigenvalue weighted by Crippen LogP contribution is -2.35. The second-order valence-corrected chi connectivity index (χ2v) is 6.63. The van der Waals surface area contributed by atoms with E-state index in [9.17, 15) is 0 Å². The number of thioether (sulfide) groups is 1. The fraction of sp³-hybridized carbons (Fsp3) is 0.667. The summed E-state index contributed by atoms with van der Waals surface area (Å²) in [6.45, 7) is 6.72. The standard InChI is InChI=1S/C15H24N2OS/c1-11(2)14-8-10-19-15(17-14)16-12(3)6-7-13-5-4-9-18-13/h4-5,9,11-12,14H,6-8,10H2,1-3H3,(H,16,17). The van der Waals surface area contributed by atoms with Crippen molar-refractivity contribution < 1.29 is 4.42 Å². The first kappa shape index (κ1) is 14.5. The normalized spacial score (nSPS) is 21.3. The van der Waals surface area contributed by atoms with Crippen LogP contribution in [0.2, 0.25) is 0 Å². The molecule has 4 heteroatoms. The summed E-state index contributed by atoms with van der Waals surface area (Å²) < 4.78 is 5.36. The van der Waals surface area contributed by atoms with Crippen LogP contribution in [0.3, 0.4) is 0 Å². The highest BCUT2D eigenvalue weighted by Gasteiger charge is 2.19. The minimum absolute atomic E-state index is 0.433. The van der Waals surface area contributed by atoms with Crippen LogP contribution in [0.25, 0.3) is 0 Å². The van der Waals surface area contributed by atoms with Crippen molar-refractivity contribution in [3.05, 3.63) is 24.2 Å². The average Bonchev–Trinajstić information content (AvgIpc) is 2.90. The number of hydrogen-bond donors (Lipinski definition) is 1. The number of rotatable bonds is 5. The van der Waals surface area contributed by atoms with Crippen molar-refractivity contribution in [2.75, 3.05) is 5.75 Å². The first-order valence-electron chi connectivity index (χ1n) is 7.14. The molecular weight excluding hydrogens is 256 g/mol. The molecule has 0 saturated heterocycles. The van der Waals surface area contributed by atoms with Crippen LogP contribution in [0.4, 0.5) is 0 Å². The van der Waals surface area contributed by atoms with Gasteiger partial charge in [-0.1, -0.05) is 25.6 Å². The smallest absolute Gasteiger partial charge is 0.157 e. The van der Waals surface area contributed by atoms with E-state index in [0.717, 1.165) is 23.8 Å². The molecule has 2 atom stereocenters. The van der Waals surface area contributed by atoms with Gasteiger partial charge >= 0.3 is 0 Å². The van der Waals surface area contributed by atoms with Gasteiger partial charge in [-0.05, 0) is 37.8 Å². The van der Waals surface area contributed by atoms with Crippen LogP contribution >= 0.6 is 11.8 Å². The summed E-state index contributed by atoms with van der Waals surface area (Å²) in [5.41, 5.74) is 0. The van der Waals surface area contributed by atoms with E-state index in [1.54, 1.807) is 6.26 Å². The minimum Gasteiger partial charge on any atom is -0.469 e. The molecule has 1 aromatic rings. The average molecular weight is 280 g/mol. The lowest BCUT2D eigenvalue weighted by Gasteiger charge is -2.25. The van der Waals surface area contributed by atoms with Gasteiger partial charge in [0.15, 0.2) is 5.17 Å². The van der Waals surface area contributed by atoms with E-state index in [2.05, 4.69) is 26.1 Å². The molecule has 1 aromatic heterocycles. The lowest BCUT2D eigenvalue weighted by molar-refractivity contribution is 0.473. The van der Waals surface area contributed by atoms with Crippen molar-refractivity contribution in [3.8, 4) is 0 Å². The molecule has 0 spiro atoms. The van der Waals surface area contributed by atoms with E-state index in [1.807, 2.05) is 23.9 Å². The van der Waals surface area contributed by atoms with Gasteiger partial charge in [-0.25, -0.2) is 0 Å². The number of aryl methyl sites for hydroxylation is 1. The van der Waals surface area contributed by atoms with Gasteiger partial charge in [0.05, 0.1) is 12.3 Å². The highest BCUT2D eigenvalue weighted by molar-refractivity contribution is 8.13. The Hall–Kier alpha value is -0.900. The Labute approximate surface area is 120 Å². The topological polar surface area (TPSA) is 37.5 Å². The molecular formula is C15H24N2OS. The maximum absolute atomic E-state index is 5.36. The Morgan fingerprint density at radius 3 is 3.00 bits per heavy atom. The Kier molecular flexibility index (Phi) is 5.37. The van der Waals surface area contributed by atoms with Gasteiger partial charge in [0.25, 0.3) is 0 Å². The third-order valence-corrected chi connectivity index (χ3v) is 4.42. The molecule has 1 aliphatic heterocycles. The summed E-state index contributed by atoms with van der Waals surface area (Å²) in [7, 11) is 0. The number of nitrogens with one attached hydrogen (secondary N) is 1. The van der Waals surface area contributed by atoms with Gasteiger partial charge in [0.2, 0.25) is 0 Å². The number of aliphatic imine (C=N–C) groups is 1. The summed E-state index contributed by atoms with van der Waals surface area (Å²) in [5, 5.41) is 4.66. The number of amidine groups is 1. The largest absolute Gasteiger partial charge is 0.469 e. The first-order chi connectivity index (χ1) is 9.15. The van der Waals surface area contributed by atoms with E-state index in [1.165, 1.54) is 12.2 Å². The fourth-order valence-electron chi connectivity index (χ4n) is 2.19. The maximum atomic E-state index is 5.36. The monoisotopic (exact) mass is 280 g/mol. The molecule has 2 unspecified atom stereocenters. The quantitative estimate of drug-likeness (QED) is 0.893. The maximum Gasteiger partial charge on any atom is 0.157 e. The summed E-state index contributed by atoms with van der Waals surface area (Å²) in [4.78, 5) is 4.81. The molecule has 2 heterocycles. The van der Waals surface area contributed by atoms with Gasteiger partial charge < -0.3 is 9.73 Å². The molecule has 0 bridgehead atoms. The van der Waals surface area contributed by atoms with E-state index >= 15 is 0 Å². The fourth-order valence-corrected chi connectivity index (χ4v) is 3.23. The minimum atomic E-state index is 0.433. The molecule has 106 valence electrons. The Morgan fingerprint density at radius 1 is 1.47 bits per heavy atom. The predicted molar refractivity (Wildman–Crippen MR) is 82.8 cm³/mol. The first-order valence-corrected chi connectivity index (χ1v) is 8.13. The third kappa shape index (κ3) is 4.60. The zero-order valence-corrected chi connectivity index (χ0v) is 12.9. The van der Waals surface area contributed by atoms with Crippen LogP contribution in [0, 0.1) is 5.92 Å². The lowest BCUT2D eigenvalue weighted by atomic mass is 10.0. The van der Waals surface area contributed by atoms with Crippen molar-refractivity contribution in [2.24, 2.45) is 10.9 Å². The summed E-state index contributed by atoms with van der Waals surface area (Å²) in [5.74, 6) is 2.88. The molecule has 0 aliphatic carbocycles. The zero-order chi connectivity index (χ0) is 13.7. The van der Waals surface area contributed by atoms with Crippen LogP contribution < -0.4 is 5.32 Å². The van der Waals surface area contributed by atoms with E-state index in [-0.39, 0.29) is 0 Å². The predicted octanol–water partition coefficient (Wildman–Crippen LogP) is 3.71. The van der Waals surface area contributed by atoms with Gasteiger partial charge in [0, 0.05) is 18.2 Å². The molecule has 19 heavy (non-hydrogen) atoms. The zero-order valence-electron chi connectivity index (χ0n) is 12.1. The highest BCUT2D eigenvalue weighted by atomic mass is 32.2. The summed E-state index contributed by atoms with van der Waals surface area (Å²) in [6, 6.07) is 4.90. The van der Waals surface area contributed by atoms with Gasteiger partial charge in [-0.3, -0.25) is 4.99 Å². The van der Waals surface area contributed by atoms with Crippen molar-refractivity contribution >= 4 is 16.9 Å². The SMILES string of the molecule is CC(CCc1ccco1)NC1=NC(C(C)C)CCS1. The van der Waals surface area contributed by atoms with Gasteiger partial charge in [-0.2, -0.15) is 0 Å². The summed E-state index contributed by atoms with van der Waals surface area (Å²) in [6.07, 6.45) is 4.99. The number of nitrogens with zero attached hydrogens (tertiary/aromatic N) is 1. The van der Waals surface area contributed by atoms with E-state index in [0.29, 0.717) is 18.0 Å². The second-order valence-electron chi connectivity index (χ2n) is 5.55. The van der Waals surface area contributed by atoms with Crippen LogP contribution in [0.5, 0.6) is 0 Å². The highest BCUT2D eigenvalue weighted by Crippen LogP contribution is 2.22. The molecule has 0 amide bonds. The molecule has 3 nitrogen and oxygen atoms in total. The Balaban J connectivity index is 1.79. The van der Waals surface area contributed by atoms with Gasteiger partial charge in [-0.15, -0.1) is 0 Å². The van der Waals surface area contributed by atoms with E-state index in [4.69, 9.17) is 9.41 Å².